The number of fused-ring (bicyclic) bond motifs is 6. The summed E-state index contributed by atoms with van der Waals surface area (Å²) >= 11 is 0. The molecule has 0 bridgehead atoms. The van der Waals surface area contributed by atoms with Gasteiger partial charge in [0.2, 0.25) is 5.90 Å². The zero-order valence-corrected chi connectivity index (χ0v) is 28.8. The highest BCUT2D eigenvalue weighted by Gasteiger charge is 2.42. The quantitative estimate of drug-likeness (QED) is 0.198. The number of nitrogens with zero attached hydrogens (tertiary/aromatic N) is 3. The van der Waals surface area contributed by atoms with Crippen LogP contribution in [-0.2, 0) is 22.0 Å². The van der Waals surface area contributed by atoms with E-state index in [1.807, 2.05) is 6.20 Å². The monoisotopic (exact) mass is 617 g/mol. The fourth-order valence-electron chi connectivity index (χ4n) is 7.77. The van der Waals surface area contributed by atoms with Gasteiger partial charge in [0.1, 0.15) is 6.10 Å². The average Bonchev–Trinajstić information content (AvgIpc) is 3.69. The molecule has 6 aromatic rings. The van der Waals surface area contributed by atoms with Gasteiger partial charge in [-0.3, -0.25) is 4.98 Å². The van der Waals surface area contributed by atoms with Crippen molar-refractivity contribution >= 4 is 27.7 Å². The van der Waals surface area contributed by atoms with Crippen LogP contribution in [0.4, 0.5) is 0 Å². The molecule has 0 saturated carbocycles. The number of hydrogen-bond donors (Lipinski definition) is 0. The normalized spacial score (nSPS) is 17.6. The van der Waals surface area contributed by atoms with Crippen LogP contribution >= 0.6 is 0 Å². The van der Waals surface area contributed by atoms with Crippen LogP contribution in [0.3, 0.4) is 0 Å². The van der Waals surface area contributed by atoms with Crippen molar-refractivity contribution in [3.8, 4) is 16.9 Å². The second kappa shape index (κ2) is 10.4. The molecule has 0 unspecified atom stereocenters. The molecule has 0 spiro atoms. The molecule has 0 N–H and O–H groups in total. The van der Waals surface area contributed by atoms with E-state index in [4.69, 9.17) is 14.7 Å². The molecular formula is C43H43N3O. The molecule has 4 aromatic carbocycles. The van der Waals surface area contributed by atoms with Crippen LogP contribution in [0, 0.1) is 13.8 Å². The van der Waals surface area contributed by atoms with Crippen LogP contribution in [-0.4, -0.2) is 21.5 Å². The first-order valence-corrected chi connectivity index (χ1v) is 16.9. The first kappa shape index (κ1) is 29.7. The van der Waals surface area contributed by atoms with Crippen molar-refractivity contribution in [1.82, 2.24) is 9.55 Å². The zero-order valence-electron chi connectivity index (χ0n) is 28.8. The lowest BCUT2D eigenvalue weighted by Crippen LogP contribution is -2.15. The third kappa shape index (κ3) is 4.80. The fraction of sp³-hybridized carbons (Fsp3) is 0.302. The Kier molecular flexibility index (Phi) is 6.57. The Bertz CT molecular complexity index is 2260. The number of ether oxygens (including phenoxy) is 1. The first-order valence-electron chi connectivity index (χ1n) is 16.9. The average molecular weight is 618 g/mol. The molecule has 47 heavy (non-hydrogen) atoms. The summed E-state index contributed by atoms with van der Waals surface area (Å²) in [6.07, 6.45) is 2.83. The lowest BCUT2D eigenvalue weighted by atomic mass is 9.82. The molecule has 3 heterocycles. The Hall–Kier alpha value is -4.70. The molecule has 0 radical (unpaired) electrons. The van der Waals surface area contributed by atoms with Gasteiger partial charge in [-0.15, -0.1) is 0 Å². The van der Waals surface area contributed by atoms with Gasteiger partial charge in [0.15, 0.2) is 0 Å². The number of rotatable bonds is 3. The predicted octanol–water partition coefficient (Wildman–Crippen LogP) is 10.5. The SMILES string of the molecule is Cc1cc(C)c(-n2c3ccccc3c3ccc(-c4cc(C(C)(C)C)ccn4)cc32)cc1C1=N[C@@H]2Cc3c(cccc3C(C)(C)C)[C@@H]2O1. The van der Waals surface area contributed by atoms with Crippen LogP contribution in [0.2, 0.25) is 0 Å². The molecule has 4 heteroatoms. The molecule has 1 aliphatic carbocycles. The van der Waals surface area contributed by atoms with Crippen molar-refractivity contribution in [1.29, 1.82) is 0 Å². The maximum Gasteiger partial charge on any atom is 0.217 e. The van der Waals surface area contributed by atoms with Gasteiger partial charge in [-0.2, -0.15) is 0 Å². The molecule has 8 rings (SSSR count). The molecule has 0 fully saturated rings. The van der Waals surface area contributed by atoms with E-state index in [2.05, 4.69) is 145 Å². The van der Waals surface area contributed by atoms with Crippen molar-refractivity contribution in [2.75, 3.05) is 0 Å². The Labute approximate surface area is 278 Å². The first-order chi connectivity index (χ1) is 22.4. The van der Waals surface area contributed by atoms with E-state index in [9.17, 15) is 0 Å². The van der Waals surface area contributed by atoms with E-state index >= 15 is 0 Å². The minimum absolute atomic E-state index is 0.0291. The number of para-hydroxylation sites is 1. The van der Waals surface area contributed by atoms with E-state index in [-0.39, 0.29) is 23.0 Å². The Morgan fingerprint density at radius 1 is 0.745 bits per heavy atom. The second-order valence-electron chi connectivity index (χ2n) is 15.6. The molecule has 2 aromatic heterocycles. The summed E-state index contributed by atoms with van der Waals surface area (Å²) in [7, 11) is 0. The van der Waals surface area contributed by atoms with E-state index in [1.165, 1.54) is 55.2 Å². The van der Waals surface area contributed by atoms with E-state index < -0.39 is 0 Å². The molecule has 2 atom stereocenters. The van der Waals surface area contributed by atoms with Gasteiger partial charge >= 0.3 is 0 Å². The van der Waals surface area contributed by atoms with Gasteiger partial charge in [0.25, 0.3) is 0 Å². The Morgan fingerprint density at radius 3 is 2.32 bits per heavy atom. The molecule has 236 valence electrons. The van der Waals surface area contributed by atoms with Crippen LogP contribution in [0.15, 0.2) is 96.1 Å². The summed E-state index contributed by atoms with van der Waals surface area (Å²) in [6, 6.07) is 31.2. The molecule has 1 aliphatic heterocycles. The Balaban J connectivity index is 1.25. The highest BCUT2D eigenvalue weighted by Crippen LogP contribution is 2.45. The van der Waals surface area contributed by atoms with Crippen molar-refractivity contribution in [3.63, 3.8) is 0 Å². The van der Waals surface area contributed by atoms with Crippen LogP contribution in [0.5, 0.6) is 0 Å². The van der Waals surface area contributed by atoms with Gasteiger partial charge in [0, 0.05) is 33.8 Å². The summed E-state index contributed by atoms with van der Waals surface area (Å²) in [5, 5.41) is 2.47. The number of aliphatic imine (C=N–C) groups is 1. The van der Waals surface area contributed by atoms with Crippen LogP contribution in [0.25, 0.3) is 38.8 Å². The third-order valence-electron chi connectivity index (χ3n) is 10.2. The third-order valence-corrected chi connectivity index (χ3v) is 10.2. The van der Waals surface area contributed by atoms with Gasteiger partial charge in [-0.05, 0) is 94.8 Å². The van der Waals surface area contributed by atoms with Crippen LogP contribution in [0.1, 0.15) is 86.6 Å². The molecule has 0 amide bonds. The smallest absolute Gasteiger partial charge is 0.217 e. The summed E-state index contributed by atoms with van der Waals surface area (Å²) in [5.74, 6) is 0.759. The number of aryl methyl sites for hydroxylation is 2. The number of aromatic nitrogens is 2. The second-order valence-corrected chi connectivity index (χ2v) is 15.6. The van der Waals surface area contributed by atoms with Gasteiger partial charge < -0.3 is 9.30 Å². The maximum atomic E-state index is 6.78. The van der Waals surface area contributed by atoms with Crippen molar-refractivity contribution in [2.45, 2.75) is 84.8 Å². The summed E-state index contributed by atoms with van der Waals surface area (Å²) < 4.78 is 9.20. The minimum Gasteiger partial charge on any atom is -0.467 e. The lowest BCUT2D eigenvalue weighted by molar-refractivity contribution is 0.209. The number of pyridine rings is 1. The predicted molar refractivity (Wildman–Crippen MR) is 195 cm³/mol. The van der Waals surface area contributed by atoms with Gasteiger partial charge in [0.05, 0.1) is 22.8 Å². The van der Waals surface area contributed by atoms with Gasteiger partial charge in [-0.25, -0.2) is 4.99 Å². The molecule has 2 aliphatic rings. The van der Waals surface area contributed by atoms with E-state index in [1.54, 1.807) is 0 Å². The maximum absolute atomic E-state index is 6.78. The Morgan fingerprint density at radius 2 is 1.53 bits per heavy atom. The zero-order chi connectivity index (χ0) is 32.8. The number of hydrogen-bond acceptors (Lipinski definition) is 3. The van der Waals surface area contributed by atoms with Crippen molar-refractivity contribution in [3.05, 3.63) is 130 Å². The molecule has 0 saturated heterocycles. The fourth-order valence-corrected chi connectivity index (χ4v) is 7.77. The van der Waals surface area contributed by atoms with E-state index in [0.29, 0.717) is 0 Å². The van der Waals surface area contributed by atoms with Crippen LogP contribution < -0.4 is 0 Å². The topological polar surface area (TPSA) is 39.4 Å². The summed E-state index contributed by atoms with van der Waals surface area (Å²) in [6.45, 7) is 18.0. The molecular weight excluding hydrogens is 574 g/mol. The highest BCUT2D eigenvalue weighted by atomic mass is 16.5. The van der Waals surface area contributed by atoms with E-state index in [0.717, 1.165) is 34.8 Å². The lowest BCUT2D eigenvalue weighted by Gasteiger charge is -2.23. The number of benzene rings is 4. The molecule has 4 nitrogen and oxygen atoms in total. The highest BCUT2D eigenvalue weighted by molar-refractivity contribution is 6.10. The van der Waals surface area contributed by atoms with Crippen molar-refractivity contribution in [2.24, 2.45) is 4.99 Å². The van der Waals surface area contributed by atoms with Gasteiger partial charge in [-0.1, -0.05) is 96.1 Å². The van der Waals surface area contributed by atoms with Crippen molar-refractivity contribution < 1.29 is 4.74 Å². The summed E-state index contributed by atoms with van der Waals surface area (Å²) in [4.78, 5) is 10.1. The summed E-state index contributed by atoms with van der Waals surface area (Å²) in [5.41, 5.74) is 14.6. The standard InChI is InChI=1S/C43H43N3O/c1-25-20-26(2)38(24-32(25)41-45-36-23-33-31(40(36)47-41)13-11-14-34(33)43(6,7)8)46-37-15-10-9-12-29(37)30-17-16-27(21-39(30)46)35-22-28(18-19-44-35)42(3,4)5/h9-22,24,36,40H,23H2,1-8H3/t36-,40+/m1/s1. The largest absolute Gasteiger partial charge is 0.467 e. The minimum atomic E-state index is -0.0291.